The number of H-pyrrole nitrogens is 1. The fraction of sp³-hybridized carbons (Fsp3) is 0.286. The van der Waals surface area contributed by atoms with Gasteiger partial charge in [0.1, 0.15) is 0 Å². The number of nitrogens with one attached hydrogen (secondary N) is 1. The molecule has 0 bridgehead atoms. The van der Waals surface area contributed by atoms with E-state index in [1.807, 2.05) is 0 Å². The average Bonchev–Trinajstić information content (AvgIpc) is 2.65. The molecule has 0 amide bonds. The highest BCUT2D eigenvalue weighted by molar-refractivity contribution is 6.05. The maximum absolute atomic E-state index is 11.1. The van der Waals surface area contributed by atoms with Gasteiger partial charge in [-0.2, -0.15) is 0 Å². The van der Waals surface area contributed by atoms with Crippen LogP contribution in [0.1, 0.15) is 23.5 Å². The molecule has 3 heteroatoms. The number of Topliss-reactive ketones (excluding diaryl/α,β-unsaturated/α-hetero) is 1. The molecule has 1 heterocycles. The SMILES string of the molecule is O=C([C]1CC1)c1ncc[nH]1. The third kappa shape index (κ3) is 0.835. The van der Waals surface area contributed by atoms with Gasteiger partial charge < -0.3 is 4.98 Å². The van der Waals surface area contributed by atoms with E-state index < -0.39 is 0 Å². The van der Waals surface area contributed by atoms with Gasteiger partial charge in [0, 0.05) is 18.3 Å². The van der Waals surface area contributed by atoms with Gasteiger partial charge >= 0.3 is 0 Å². The molecule has 0 saturated heterocycles. The zero-order chi connectivity index (χ0) is 6.97. The van der Waals surface area contributed by atoms with E-state index in [0.717, 1.165) is 18.8 Å². The summed E-state index contributed by atoms with van der Waals surface area (Å²) in [7, 11) is 0. The maximum atomic E-state index is 11.1. The van der Waals surface area contributed by atoms with Gasteiger partial charge in [0.25, 0.3) is 0 Å². The Balaban J connectivity index is 2.19. The van der Waals surface area contributed by atoms with Crippen molar-refractivity contribution < 1.29 is 4.79 Å². The van der Waals surface area contributed by atoms with Crippen molar-refractivity contribution in [2.24, 2.45) is 0 Å². The van der Waals surface area contributed by atoms with Crippen LogP contribution in [0.4, 0.5) is 0 Å². The smallest absolute Gasteiger partial charge is 0.205 e. The van der Waals surface area contributed by atoms with Crippen molar-refractivity contribution in [3.05, 3.63) is 24.1 Å². The normalized spacial score (nSPS) is 17.2. The topological polar surface area (TPSA) is 45.8 Å². The van der Waals surface area contributed by atoms with Crippen LogP contribution in [0.15, 0.2) is 12.4 Å². The van der Waals surface area contributed by atoms with Crippen LogP contribution in [0.3, 0.4) is 0 Å². The summed E-state index contributed by atoms with van der Waals surface area (Å²) in [5, 5.41) is 0. The summed E-state index contributed by atoms with van der Waals surface area (Å²) in [6, 6.07) is 0. The molecule has 1 aliphatic carbocycles. The molecule has 51 valence electrons. The number of carbonyl (C=O) groups is 1. The first-order chi connectivity index (χ1) is 4.88. The lowest BCUT2D eigenvalue weighted by Gasteiger charge is -1.88. The summed E-state index contributed by atoms with van der Waals surface area (Å²) >= 11 is 0. The van der Waals surface area contributed by atoms with Gasteiger partial charge in [0.2, 0.25) is 5.78 Å². The van der Waals surface area contributed by atoms with Gasteiger partial charge in [-0.1, -0.05) is 0 Å². The fourth-order valence-electron chi connectivity index (χ4n) is 0.846. The van der Waals surface area contributed by atoms with Gasteiger partial charge in [-0.15, -0.1) is 0 Å². The molecule has 0 spiro atoms. The van der Waals surface area contributed by atoms with E-state index in [4.69, 9.17) is 0 Å². The van der Waals surface area contributed by atoms with E-state index in [-0.39, 0.29) is 5.78 Å². The minimum atomic E-state index is 0.0880. The molecule has 3 nitrogen and oxygen atoms in total. The number of imidazole rings is 1. The molecule has 1 aliphatic rings. The number of nitrogens with zero attached hydrogens (tertiary/aromatic N) is 1. The van der Waals surface area contributed by atoms with E-state index >= 15 is 0 Å². The summed E-state index contributed by atoms with van der Waals surface area (Å²) in [5.74, 6) is 1.56. The van der Waals surface area contributed by atoms with Crippen molar-refractivity contribution in [2.45, 2.75) is 12.8 Å². The molecule has 0 atom stereocenters. The van der Waals surface area contributed by atoms with Gasteiger partial charge in [-0.05, 0) is 12.8 Å². The minimum Gasteiger partial charge on any atom is -0.342 e. The third-order valence-electron chi connectivity index (χ3n) is 1.53. The van der Waals surface area contributed by atoms with Gasteiger partial charge in [0.05, 0.1) is 0 Å². The molecular weight excluding hydrogens is 128 g/mol. The van der Waals surface area contributed by atoms with Crippen molar-refractivity contribution in [3.63, 3.8) is 0 Å². The Morgan fingerprint density at radius 1 is 1.60 bits per heavy atom. The number of hydrogen-bond acceptors (Lipinski definition) is 2. The van der Waals surface area contributed by atoms with E-state index in [9.17, 15) is 4.79 Å². The third-order valence-corrected chi connectivity index (χ3v) is 1.53. The van der Waals surface area contributed by atoms with Crippen molar-refractivity contribution in [1.82, 2.24) is 9.97 Å². The highest BCUT2D eigenvalue weighted by atomic mass is 16.1. The van der Waals surface area contributed by atoms with Crippen LogP contribution >= 0.6 is 0 Å². The van der Waals surface area contributed by atoms with Crippen LogP contribution in [0.25, 0.3) is 0 Å². The summed E-state index contributed by atoms with van der Waals surface area (Å²) in [4.78, 5) is 17.8. The molecule has 10 heavy (non-hydrogen) atoms. The molecule has 0 unspecified atom stereocenters. The largest absolute Gasteiger partial charge is 0.342 e. The molecule has 1 fully saturated rings. The van der Waals surface area contributed by atoms with E-state index in [1.54, 1.807) is 12.4 Å². The number of ketones is 1. The number of rotatable bonds is 2. The molecule has 1 N–H and O–H groups in total. The Morgan fingerprint density at radius 3 is 2.90 bits per heavy atom. The Morgan fingerprint density at radius 2 is 2.40 bits per heavy atom. The Kier molecular flexibility index (Phi) is 1.09. The first-order valence-electron chi connectivity index (χ1n) is 3.27. The van der Waals surface area contributed by atoms with Crippen molar-refractivity contribution in [1.29, 1.82) is 0 Å². The highest BCUT2D eigenvalue weighted by Gasteiger charge is 2.32. The van der Waals surface area contributed by atoms with Crippen LogP contribution in [0, 0.1) is 5.92 Å². The number of aromatic amines is 1. The zero-order valence-electron chi connectivity index (χ0n) is 5.42. The Hall–Kier alpha value is -1.12. The molecule has 1 radical (unpaired) electrons. The molecule has 1 aromatic rings. The van der Waals surface area contributed by atoms with Gasteiger partial charge in [-0.3, -0.25) is 4.79 Å². The molecule has 0 aliphatic heterocycles. The molecule has 0 aromatic carbocycles. The lowest BCUT2D eigenvalue weighted by atomic mass is 10.2. The number of hydrogen-bond donors (Lipinski definition) is 1. The summed E-state index contributed by atoms with van der Waals surface area (Å²) in [6.07, 6.45) is 5.17. The molecule has 1 aromatic heterocycles. The fourth-order valence-corrected chi connectivity index (χ4v) is 0.846. The van der Waals surface area contributed by atoms with Crippen molar-refractivity contribution in [3.8, 4) is 0 Å². The number of carbonyl (C=O) groups excluding carboxylic acids is 1. The minimum absolute atomic E-state index is 0.0880. The lowest BCUT2D eigenvalue weighted by Crippen LogP contribution is -2.01. The first kappa shape index (κ1) is 5.65. The Bertz CT molecular complexity index is 236. The average molecular weight is 135 g/mol. The van der Waals surface area contributed by atoms with Crippen molar-refractivity contribution in [2.75, 3.05) is 0 Å². The van der Waals surface area contributed by atoms with Crippen LogP contribution in [0.5, 0.6) is 0 Å². The maximum Gasteiger partial charge on any atom is 0.205 e. The van der Waals surface area contributed by atoms with Gasteiger partial charge in [-0.25, -0.2) is 4.98 Å². The Labute approximate surface area is 58.5 Å². The lowest BCUT2D eigenvalue weighted by molar-refractivity contribution is 0.101. The van der Waals surface area contributed by atoms with Crippen LogP contribution in [-0.4, -0.2) is 15.8 Å². The van der Waals surface area contributed by atoms with Crippen molar-refractivity contribution >= 4 is 5.78 Å². The predicted octanol–water partition coefficient (Wildman–Crippen LogP) is 0.961. The van der Waals surface area contributed by atoms with E-state index in [1.165, 1.54) is 0 Å². The van der Waals surface area contributed by atoms with Crippen LogP contribution in [0.2, 0.25) is 0 Å². The summed E-state index contributed by atoms with van der Waals surface area (Å²) < 4.78 is 0. The second-order valence-corrected chi connectivity index (χ2v) is 2.37. The highest BCUT2D eigenvalue weighted by Crippen LogP contribution is 2.34. The monoisotopic (exact) mass is 135 g/mol. The summed E-state index contributed by atoms with van der Waals surface area (Å²) in [6.45, 7) is 0. The quantitative estimate of drug-likeness (QED) is 0.614. The second-order valence-electron chi connectivity index (χ2n) is 2.37. The summed E-state index contributed by atoms with van der Waals surface area (Å²) in [5.41, 5.74) is 0. The van der Waals surface area contributed by atoms with Gasteiger partial charge in [0.15, 0.2) is 5.82 Å². The molecule has 1 saturated carbocycles. The second kappa shape index (κ2) is 1.94. The standard InChI is InChI=1S/C7H7N2O/c10-6(5-1-2-5)7-8-3-4-9-7/h3-4H,1-2H2,(H,8,9). The molecule has 2 rings (SSSR count). The van der Waals surface area contributed by atoms with E-state index in [0.29, 0.717) is 5.82 Å². The zero-order valence-corrected chi connectivity index (χ0v) is 5.42. The van der Waals surface area contributed by atoms with Crippen LogP contribution < -0.4 is 0 Å². The van der Waals surface area contributed by atoms with E-state index in [2.05, 4.69) is 9.97 Å². The molecular formula is C7H7N2O. The van der Waals surface area contributed by atoms with Crippen LogP contribution in [-0.2, 0) is 0 Å². The predicted molar refractivity (Wildman–Crippen MR) is 35.4 cm³/mol. The number of aromatic nitrogens is 2. The first-order valence-corrected chi connectivity index (χ1v) is 3.27.